The number of ether oxygens (including phenoxy) is 1. The maximum Gasteiger partial charge on any atom is 0.135 e. The Morgan fingerprint density at radius 2 is 0.914 bits per heavy atom. The Bertz CT molecular complexity index is 1860. The third-order valence-corrected chi connectivity index (χ3v) is 7.39. The summed E-state index contributed by atoms with van der Waals surface area (Å²) in [5, 5.41) is 7.86. The van der Waals surface area contributed by atoms with Crippen LogP contribution in [0.4, 0.5) is 0 Å². The summed E-state index contributed by atoms with van der Waals surface area (Å²) in [6, 6.07) is 43.7. The van der Waals surface area contributed by atoms with E-state index in [2.05, 4.69) is 109 Å². The second-order valence-corrected chi connectivity index (χ2v) is 9.36. The van der Waals surface area contributed by atoms with Crippen molar-refractivity contribution >= 4 is 32.3 Å². The van der Waals surface area contributed by atoms with E-state index in [1.165, 1.54) is 54.6 Å². The van der Waals surface area contributed by atoms with Gasteiger partial charge in [0.25, 0.3) is 0 Å². The van der Waals surface area contributed by atoms with Crippen LogP contribution in [0.3, 0.4) is 0 Å². The fourth-order valence-corrected chi connectivity index (χ4v) is 5.78. The van der Waals surface area contributed by atoms with Gasteiger partial charge in [-0.05, 0) is 84.9 Å². The number of hydrogen-bond donors (Lipinski definition) is 0. The van der Waals surface area contributed by atoms with Gasteiger partial charge in [0.15, 0.2) is 0 Å². The Morgan fingerprint density at radius 3 is 1.66 bits per heavy atom. The molecular formula is C34H20O. The van der Waals surface area contributed by atoms with Gasteiger partial charge in [-0.3, -0.25) is 0 Å². The molecule has 1 heterocycles. The van der Waals surface area contributed by atoms with E-state index in [1.807, 2.05) is 12.1 Å². The Kier molecular flexibility index (Phi) is 3.72. The number of fused-ring (bicyclic) bond motifs is 5. The minimum Gasteiger partial charge on any atom is -0.456 e. The maximum atomic E-state index is 6.44. The molecule has 0 aliphatic carbocycles. The Morgan fingerprint density at radius 1 is 0.343 bits per heavy atom. The predicted octanol–water partition coefficient (Wildman–Crippen LogP) is 9.69. The van der Waals surface area contributed by atoms with Gasteiger partial charge in [0.05, 0.1) is 0 Å². The Balaban J connectivity index is 1.37. The molecule has 7 aromatic rings. The molecule has 0 aromatic heterocycles. The van der Waals surface area contributed by atoms with Crippen LogP contribution in [0.2, 0.25) is 0 Å². The van der Waals surface area contributed by atoms with Gasteiger partial charge < -0.3 is 4.74 Å². The summed E-state index contributed by atoms with van der Waals surface area (Å²) in [4.78, 5) is 0. The van der Waals surface area contributed by atoms with Gasteiger partial charge in [-0.1, -0.05) is 91.0 Å². The van der Waals surface area contributed by atoms with Crippen molar-refractivity contribution in [2.75, 3.05) is 0 Å². The number of rotatable bonds is 1. The van der Waals surface area contributed by atoms with Crippen LogP contribution in [0.15, 0.2) is 121 Å². The van der Waals surface area contributed by atoms with Crippen molar-refractivity contribution < 1.29 is 4.74 Å². The summed E-state index contributed by atoms with van der Waals surface area (Å²) in [5.41, 5.74) is 7.07. The van der Waals surface area contributed by atoms with E-state index >= 15 is 0 Å². The molecule has 35 heavy (non-hydrogen) atoms. The van der Waals surface area contributed by atoms with E-state index in [1.54, 1.807) is 0 Å². The van der Waals surface area contributed by atoms with Gasteiger partial charge in [-0.2, -0.15) is 0 Å². The molecule has 0 amide bonds. The highest BCUT2D eigenvalue weighted by molar-refractivity contribution is 6.23. The predicted molar refractivity (Wildman–Crippen MR) is 147 cm³/mol. The second-order valence-electron chi connectivity index (χ2n) is 9.36. The Labute approximate surface area is 203 Å². The molecule has 0 radical (unpaired) electrons. The first-order chi connectivity index (χ1) is 17.3. The minimum atomic E-state index is 0.892. The SMILES string of the molecule is c1ccc2c(c1)Oc1ccc(-c3cc4ccc5cccc6ccc(c3)c4c56)cc1-c1ccccc1-2. The molecule has 1 nitrogen and oxygen atoms in total. The smallest absolute Gasteiger partial charge is 0.135 e. The molecule has 0 saturated carbocycles. The molecule has 0 spiro atoms. The lowest BCUT2D eigenvalue weighted by molar-refractivity contribution is 0.488. The molecule has 162 valence electrons. The van der Waals surface area contributed by atoms with Gasteiger partial charge in [0.1, 0.15) is 11.5 Å². The molecule has 1 heteroatoms. The summed E-state index contributed by atoms with van der Waals surface area (Å²) in [7, 11) is 0. The van der Waals surface area contributed by atoms with E-state index in [9.17, 15) is 0 Å². The van der Waals surface area contributed by atoms with Gasteiger partial charge >= 0.3 is 0 Å². The molecular weight excluding hydrogens is 424 g/mol. The van der Waals surface area contributed by atoms with E-state index in [4.69, 9.17) is 4.74 Å². The number of benzene rings is 7. The van der Waals surface area contributed by atoms with E-state index in [0.29, 0.717) is 0 Å². The zero-order chi connectivity index (χ0) is 22.9. The van der Waals surface area contributed by atoms with E-state index < -0.39 is 0 Å². The molecule has 0 atom stereocenters. The summed E-state index contributed by atoms with van der Waals surface area (Å²) >= 11 is 0. The molecule has 0 fully saturated rings. The molecule has 0 N–H and O–H groups in total. The first-order valence-corrected chi connectivity index (χ1v) is 12.0. The van der Waals surface area contributed by atoms with E-state index in [0.717, 1.165) is 22.6 Å². The number of hydrogen-bond acceptors (Lipinski definition) is 1. The minimum absolute atomic E-state index is 0.892. The quantitative estimate of drug-likeness (QED) is 0.229. The van der Waals surface area contributed by atoms with Crippen LogP contribution < -0.4 is 4.74 Å². The van der Waals surface area contributed by atoms with Crippen molar-refractivity contribution in [3.63, 3.8) is 0 Å². The average molecular weight is 445 g/mol. The monoisotopic (exact) mass is 444 g/mol. The van der Waals surface area contributed by atoms with Crippen LogP contribution in [0.25, 0.3) is 65.7 Å². The summed E-state index contributed by atoms with van der Waals surface area (Å²) in [5.74, 6) is 1.79. The zero-order valence-electron chi connectivity index (χ0n) is 19.0. The van der Waals surface area contributed by atoms with Crippen molar-refractivity contribution in [1.82, 2.24) is 0 Å². The van der Waals surface area contributed by atoms with Crippen LogP contribution >= 0.6 is 0 Å². The molecule has 8 rings (SSSR count). The third-order valence-electron chi connectivity index (χ3n) is 7.39. The van der Waals surface area contributed by atoms with Crippen molar-refractivity contribution in [2.45, 2.75) is 0 Å². The van der Waals surface area contributed by atoms with Gasteiger partial charge in [-0.15, -0.1) is 0 Å². The lowest BCUT2D eigenvalue weighted by Gasteiger charge is -2.14. The fraction of sp³-hybridized carbons (Fsp3) is 0. The van der Waals surface area contributed by atoms with Crippen LogP contribution in [0.5, 0.6) is 11.5 Å². The zero-order valence-corrected chi connectivity index (χ0v) is 19.0. The first-order valence-electron chi connectivity index (χ1n) is 12.0. The largest absolute Gasteiger partial charge is 0.456 e. The van der Waals surface area contributed by atoms with Crippen molar-refractivity contribution in [3.8, 4) is 44.9 Å². The van der Waals surface area contributed by atoms with Crippen LogP contribution in [-0.2, 0) is 0 Å². The van der Waals surface area contributed by atoms with Crippen LogP contribution in [-0.4, -0.2) is 0 Å². The highest BCUT2D eigenvalue weighted by Gasteiger charge is 2.21. The summed E-state index contributed by atoms with van der Waals surface area (Å²) in [6.45, 7) is 0. The molecule has 7 aromatic carbocycles. The third kappa shape index (κ3) is 2.70. The van der Waals surface area contributed by atoms with Crippen molar-refractivity contribution in [1.29, 1.82) is 0 Å². The standard InChI is InChI=1S/C34H20O/c1-2-9-28-27(8-1)29-10-3-4-11-31(29)35-32-17-16-23(20-30(28)32)26-18-24-14-12-21-6-5-7-22-13-15-25(19-26)34(24)33(21)22/h1-20H. The Hall–Kier alpha value is -4.62. The van der Waals surface area contributed by atoms with Crippen molar-refractivity contribution in [2.24, 2.45) is 0 Å². The molecule has 0 unspecified atom stereocenters. The van der Waals surface area contributed by atoms with Crippen LogP contribution in [0.1, 0.15) is 0 Å². The first kappa shape index (κ1) is 18.8. The molecule has 0 saturated heterocycles. The lowest BCUT2D eigenvalue weighted by atomic mass is 9.90. The topological polar surface area (TPSA) is 9.23 Å². The average Bonchev–Trinajstić information content (AvgIpc) is 3.06. The van der Waals surface area contributed by atoms with Gasteiger partial charge in [-0.25, -0.2) is 0 Å². The number of para-hydroxylation sites is 1. The normalized spacial score (nSPS) is 12.2. The van der Waals surface area contributed by atoms with E-state index in [-0.39, 0.29) is 0 Å². The van der Waals surface area contributed by atoms with Crippen LogP contribution in [0, 0.1) is 0 Å². The fourth-order valence-electron chi connectivity index (χ4n) is 5.78. The van der Waals surface area contributed by atoms with Crippen molar-refractivity contribution in [3.05, 3.63) is 121 Å². The molecule has 0 bridgehead atoms. The lowest BCUT2D eigenvalue weighted by Crippen LogP contribution is -1.89. The maximum absolute atomic E-state index is 6.44. The highest BCUT2D eigenvalue weighted by Crippen LogP contribution is 2.48. The highest BCUT2D eigenvalue weighted by atomic mass is 16.5. The second kappa shape index (κ2) is 6.94. The van der Waals surface area contributed by atoms with Gasteiger partial charge in [0, 0.05) is 11.1 Å². The van der Waals surface area contributed by atoms with Gasteiger partial charge in [0.2, 0.25) is 0 Å². The molecule has 1 aliphatic heterocycles. The summed E-state index contributed by atoms with van der Waals surface area (Å²) < 4.78 is 6.44. The summed E-state index contributed by atoms with van der Waals surface area (Å²) in [6.07, 6.45) is 0. The molecule has 1 aliphatic rings.